The molecule has 0 aromatic carbocycles. The van der Waals surface area contributed by atoms with Crippen LogP contribution in [0, 0.1) is 28.6 Å². The molecule has 4 aliphatic carbocycles. The van der Waals surface area contributed by atoms with Crippen molar-refractivity contribution in [1.29, 1.82) is 0 Å². The van der Waals surface area contributed by atoms with Gasteiger partial charge in [-0.05, 0) is 79.7 Å². The Labute approximate surface area is 171 Å². The molecule has 0 amide bonds. The Morgan fingerprint density at radius 3 is 2.62 bits per heavy atom. The van der Waals surface area contributed by atoms with Gasteiger partial charge >= 0.3 is 5.63 Å². The lowest BCUT2D eigenvalue weighted by Gasteiger charge is -2.61. The highest BCUT2D eigenvalue weighted by Gasteiger charge is 2.83. The molecule has 5 heteroatoms. The fraction of sp³-hybridized carbons (Fsp3) is 0.792. The van der Waals surface area contributed by atoms with E-state index < -0.39 is 6.10 Å². The van der Waals surface area contributed by atoms with E-state index >= 15 is 0 Å². The van der Waals surface area contributed by atoms with Crippen molar-refractivity contribution in [2.75, 3.05) is 0 Å². The smallest absolute Gasteiger partial charge is 0.335 e. The van der Waals surface area contributed by atoms with Gasteiger partial charge in [0.25, 0.3) is 0 Å². The Balaban J connectivity index is 1.38. The van der Waals surface area contributed by atoms with E-state index in [1.807, 2.05) is 6.07 Å². The maximum atomic E-state index is 11.5. The third kappa shape index (κ3) is 2.14. The summed E-state index contributed by atoms with van der Waals surface area (Å²) in [5.74, 6) is 1.63. The van der Waals surface area contributed by atoms with Crippen molar-refractivity contribution in [3.63, 3.8) is 0 Å². The Bertz CT molecular complexity index is 875. The largest absolute Gasteiger partial charge is 0.431 e. The summed E-state index contributed by atoms with van der Waals surface area (Å²) in [6, 6.07) is 3.30. The maximum Gasteiger partial charge on any atom is 0.335 e. The van der Waals surface area contributed by atoms with Gasteiger partial charge in [0.1, 0.15) is 11.7 Å². The molecule has 4 saturated carbocycles. The standard InChI is InChI=1S/C24H32O5/c1-22-9-7-15(25)11-14(22)4-5-17-16(22)8-10-23(2)19(13-3-6-18(26)28-12-13)20(27)21-24(17,23)29-21/h3,6,12,14-17,19-21,25,27H,4-5,7-11H2,1-2H3/t14-,15?,16-,17-,19?,20?,21?,22-,23+,24+/m1/s1. The molecule has 4 unspecified atom stereocenters. The molecule has 2 heterocycles. The Morgan fingerprint density at radius 2 is 1.86 bits per heavy atom. The molecule has 158 valence electrons. The van der Waals surface area contributed by atoms with Crippen LogP contribution in [0.15, 0.2) is 27.6 Å². The number of hydrogen-bond donors (Lipinski definition) is 2. The molecule has 1 aromatic heterocycles. The minimum absolute atomic E-state index is 0.0507. The zero-order chi connectivity index (χ0) is 20.2. The zero-order valence-corrected chi connectivity index (χ0v) is 17.3. The number of aliphatic hydroxyl groups excluding tert-OH is 2. The van der Waals surface area contributed by atoms with Gasteiger partial charge in [0, 0.05) is 17.4 Å². The van der Waals surface area contributed by atoms with Gasteiger partial charge in [-0.3, -0.25) is 0 Å². The predicted molar refractivity (Wildman–Crippen MR) is 106 cm³/mol. The summed E-state index contributed by atoms with van der Waals surface area (Å²) in [5.41, 5.74) is 0.457. The topological polar surface area (TPSA) is 83.2 Å². The Hall–Kier alpha value is -1.17. The lowest BCUT2D eigenvalue weighted by atomic mass is 9.44. The Morgan fingerprint density at radius 1 is 1.03 bits per heavy atom. The lowest BCUT2D eigenvalue weighted by Crippen LogP contribution is -2.58. The van der Waals surface area contributed by atoms with Crippen LogP contribution in [-0.2, 0) is 4.74 Å². The van der Waals surface area contributed by atoms with Gasteiger partial charge in [-0.15, -0.1) is 0 Å². The van der Waals surface area contributed by atoms with Gasteiger partial charge in [0.2, 0.25) is 0 Å². The van der Waals surface area contributed by atoms with E-state index in [2.05, 4.69) is 13.8 Å². The van der Waals surface area contributed by atoms with Crippen molar-refractivity contribution >= 4 is 0 Å². The van der Waals surface area contributed by atoms with E-state index in [0.29, 0.717) is 17.8 Å². The second-order valence-corrected chi connectivity index (χ2v) is 11.1. The number of epoxide rings is 1. The Kier molecular flexibility index (Phi) is 3.68. The van der Waals surface area contributed by atoms with Crippen molar-refractivity contribution < 1.29 is 19.4 Å². The lowest BCUT2D eigenvalue weighted by molar-refractivity contribution is -0.143. The van der Waals surface area contributed by atoms with E-state index in [9.17, 15) is 15.0 Å². The fourth-order valence-electron chi connectivity index (χ4n) is 8.81. The highest BCUT2D eigenvalue weighted by atomic mass is 16.6. The van der Waals surface area contributed by atoms with Crippen molar-refractivity contribution in [2.24, 2.45) is 28.6 Å². The van der Waals surface area contributed by atoms with Crippen LogP contribution in [0.2, 0.25) is 0 Å². The summed E-state index contributed by atoms with van der Waals surface area (Å²) in [6.45, 7) is 4.76. The molecular weight excluding hydrogens is 368 g/mol. The average molecular weight is 401 g/mol. The third-order valence-corrected chi connectivity index (χ3v) is 10.2. The summed E-state index contributed by atoms with van der Waals surface area (Å²) in [4.78, 5) is 11.5. The maximum absolute atomic E-state index is 11.5. The molecule has 2 N–H and O–H groups in total. The molecule has 6 rings (SSSR count). The molecule has 1 aliphatic heterocycles. The third-order valence-electron chi connectivity index (χ3n) is 10.2. The van der Waals surface area contributed by atoms with Gasteiger partial charge in [-0.1, -0.05) is 13.8 Å². The van der Waals surface area contributed by atoms with Crippen LogP contribution >= 0.6 is 0 Å². The number of rotatable bonds is 1. The van der Waals surface area contributed by atoms with Crippen LogP contribution in [0.4, 0.5) is 0 Å². The first-order valence-corrected chi connectivity index (χ1v) is 11.4. The summed E-state index contributed by atoms with van der Waals surface area (Å²) >= 11 is 0. The van der Waals surface area contributed by atoms with Crippen molar-refractivity contribution in [2.45, 2.75) is 88.6 Å². The molecular formula is C24H32O5. The van der Waals surface area contributed by atoms with E-state index in [0.717, 1.165) is 50.5 Å². The second kappa shape index (κ2) is 5.74. The van der Waals surface area contributed by atoms with Gasteiger partial charge in [-0.2, -0.15) is 0 Å². The summed E-state index contributed by atoms with van der Waals surface area (Å²) < 4.78 is 11.6. The molecule has 5 nitrogen and oxygen atoms in total. The van der Waals surface area contributed by atoms with Crippen molar-refractivity contribution in [3.8, 4) is 0 Å². The van der Waals surface area contributed by atoms with E-state index in [4.69, 9.17) is 9.15 Å². The second-order valence-electron chi connectivity index (χ2n) is 11.1. The van der Waals surface area contributed by atoms with Gasteiger partial charge in [0.05, 0.1) is 18.5 Å². The molecule has 0 bridgehead atoms. The van der Waals surface area contributed by atoms with Gasteiger partial charge in [-0.25, -0.2) is 4.79 Å². The zero-order valence-electron chi connectivity index (χ0n) is 17.3. The molecule has 29 heavy (non-hydrogen) atoms. The van der Waals surface area contributed by atoms with Gasteiger partial charge < -0.3 is 19.4 Å². The summed E-state index contributed by atoms with van der Waals surface area (Å²) in [6.07, 6.45) is 8.19. The average Bonchev–Trinajstić information content (AvgIpc) is 3.40. The van der Waals surface area contributed by atoms with Crippen LogP contribution in [0.25, 0.3) is 0 Å². The van der Waals surface area contributed by atoms with Crippen molar-refractivity contribution in [1.82, 2.24) is 0 Å². The van der Waals surface area contributed by atoms with Crippen molar-refractivity contribution in [3.05, 3.63) is 34.4 Å². The normalized spacial score (nSPS) is 55.4. The first-order chi connectivity index (χ1) is 13.8. The number of ether oxygens (including phenoxy) is 1. The van der Waals surface area contributed by atoms with E-state index in [1.165, 1.54) is 6.07 Å². The molecule has 10 atom stereocenters. The van der Waals surface area contributed by atoms with Gasteiger partial charge in [0.15, 0.2) is 0 Å². The molecule has 5 aliphatic rings. The predicted octanol–water partition coefficient (Wildman–Crippen LogP) is 3.23. The molecule has 1 aromatic rings. The van der Waals surface area contributed by atoms with E-state index in [-0.39, 0.29) is 40.2 Å². The number of hydrogen-bond acceptors (Lipinski definition) is 5. The first kappa shape index (κ1) is 18.6. The quantitative estimate of drug-likeness (QED) is 0.707. The molecule has 5 fully saturated rings. The summed E-state index contributed by atoms with van der Waals surface area (Å²) in [5, 5.41) is 21.5. The number of aliphatic hydroxyl groups is 2. The fourth-order valence-corrected chi connectivity index (χ4v) is 8.81. The minimum Gasteiger partial charge on any atom is -0.431 e. The summed E-state index contributed by atoms with van der Waals surface area (Å²) in [7, 11) is 0. The van der Waals surface area contributed by atoms with Crippen LogP contribution in [-0.4, -0.2) is 34.1 Å². The highest BCUT2D eigenvalue weighted by molar-refractivity contribution is 5.38. The van der Waals surface area contributed by atoms with E-state index in [1.54, 1.807) is 6.26 Å². The minimum atomic E-state index is -0.551. The SMILES string of the molecule is C[C@@]12CCC(O)C[C@H]1CC[C@@H]1[C@H]2CC[C@@]2(C)C(c3ccc(=O)oc3)C(O)C3O[C@]312. The molecule has 0 radical (unpaired) electrons. The molecule has 1 saturated heterocycles. The first-order valence-electron chi connectivity index (χ1n) is 11.4. The highest BCUT2D eigenvalue weighted by Crippen LogP contribution is 2.77. The monoisotopic (exact) mass is 400 g/mol. The van der Waals surface area contributed by atoms with Crippen LogP contribution < -0.4 is 5.63 Å². The number of fused-ring (bicyclic) bond motifs is 3. The van der Waals surface area contributed by atoms with Crippen LogP contribution in [0.3, 0.4) is 0 Å². The van der Waals surface area contributed by atoms with Crippen LogP contribution in [0.1, 0.15) is 70.3 Å². The van der Waals surface area contributed by atoms with Crippen LogP contribution in [0.5, 0.6) is 0 Å². The molecule has 1 spiro atoms.